The predicted molar refractivity (Wildman–Crippen MR) is 73.7 cm³/mol. The Morgan fingerprint density at radius 2 is 2.00 bits per heavy atom. The van der Waals surface area contributed by atoms with Crippen LogP contribution in [0.5, 0.6) is 5.75 Å². The summed E-state index contributed by atoms with van der Waals surface area (Å²) in [7, 11) is 1.74. The molecule has 0 fully saturated rings. The molecule has 0 heterocycles. The van der Waals surface area contributed by atoms with Gasteiger partial charge in [-0.15, -0.1) is 0 Å². The lowest BCUT2D eigenvalue weighted by molar-refractivity contribution is 0.409. The van der Waals surface area contributed by atoms with Gasteiger partial charge in [0.2, 0.25) is 0 Å². The molecule has 96 valence electrons. The lowest BCUT2D eigenvalue weighted by Gasteiger charge is -2.19. The lowest BCUT2D eigenvalue weighted by atomic mass is 10.0. The summed E-state index contributed by atoms with van der Waals surface area (Å²) >= 11 is 0. The van der Waals surface area contributed by atoms with E-state index in [9.17, 15) is 0 Å². The molecule has 1 unspecified atom stereocenters. The molecular formula is C15H25NO. The average Bonchev–Trinajstić information content (AvgIpc) is 2.35. The number of rotatable bonds is 7. The molecule has 0 bridgehead atoms. The fourth-order valence-corrected chi connectivity index (χ4v) is 2.05. The minimum atomic E-state index is 0.453. The first-order chi connectivity index (χ1) is 8.22. The summed E-state index contributed by atoms with van der Waals surface area (Å²) in [5, 5.41) is 3.60. The monoisotopic (exact) mass is 235 g/mol. The number of ether oxygens (including phenoxy) is 1. The van der Waals surface area contributed by atoms with Crippen molar-refractivity contribution < 1.29 is 4.74 Å². The topological polar surface area (TPSA) is 21.3 Å². The van der Waals surface area contributed by atoms with Crippen LogP contribution in [-0.2, 0) is 0 Å². The Morgan fingerprint density at radius 3 is 2.59 bits per heavy atom. The maximum atomic E-state index is 5.39. The van der Waals surface area contributed by atoms with E-state index < -0.39 is 0 Å². The molecule has 1 N–H and O–H groups in total. The van der Waals surface area contributed by atoms with E-state index in [-0.39, 0.29) is 0 Å². The number of hydrogen-bond donors (Lipinski definition) is 1. The van der Waals surface area contributed by atoms with Crippen molar-refractivity contribution in [1.82, 2.24) is 5.32 Å². The predicted octanol–water partition coefficient (Wildman–Crippen LogP) is 3.84. The summed E-state index contributed by atoms with van der Waals surface area (Å²) < 4.78 is 5.39. The Balaban J connectivity index is 2.85. The summed E-state index contributed by atoms with van der Waals surface area (Å²) in [5.41, 5.74) is 2.53. The van der Waals surface area contributed by atoms with Crippen molar-refractivity contribution in [3.63, 3.8) is 0 Å². The zero-order chi connectivity index (χ0) is 12.7. The van der Waals surface area contributed by atoms with Gasteiger partial charge in [-0.3, -0.25) is 0 Å². The molecule has 2 nitrogen and oxygen atoms in total. The van der Waals surface area contributed by atoms with E-state index in [1.54, 1.807) is 7.11 Å². The highest BCUT2D eigenvalue weighted by Gasteiger charge is 2.11. The van der Waals surface area contributed by atoms with Crippen molar-refractivity contribution in [2.75, 3.05) is 13.7 Å². The molecule has 0 saturated heterocycles. The van der Waals surface area contributed by atoms with Gasteiger partial charge in [-0.2, -0.15) is 0 Å². The summed E-state index contributed by atoms with van der Waals surface area (Å²) in [6.07, 6.45) is 3.53. The fraction of sp³-hybridized carbons (Fsp3) is 0.600. The zero-order valence-corrected chi connectivity index (χ0v) is 11.5. The molecule has 1 rings (SSSR count). The molecule has 0 aliphatic carbocycles. The van der Waals surface area contributed by atoms with Gasteiger partial charge in [0.15, 0.2) is 0 Å². The fourth-order valence-electron chi connectivity index (χ4n) is 2.05. The van der Waals surface area contributed by atoms with E-state index >= 15 is 0 Å². The zero-order valence-electron chi connectivity index (χ0n) is 11.5. The second-order valence-corrected chi connectivity index (χ2v) is 4.52. The third kappa shape index (κ3) is 4.04. The molecule has 0 saturated carbocycles. The number of nitrogens with one attached hydrogen (secondary N) is 1. The molecule has 0 aliphatic rings. The Morgan fingerprint density at radius 1 is 1.24 bits per heavy atom. The van der Waals surface area contributed by atoms with Crippen LogP contribution in [0.15, 0.2) is 18.2 Å². The Bertz CT molecular complexity index is 336. The van der Waals surface area contributed by atoms with E-state index in [4.69, 9.17) is 4.74 Å². The van der Waals surface area contributed by atoms with Gasteiger partial charge < -0.3 is 10.1 Å². The van der Waals surface area contributed by atoms with Gasteiger partial charge in [0.05, 0.1) is 7.11 Å². The molecule has 1 aromatic rings. The molecule has 0 aromatic heterocycles. The maximum absolute atomic E-state index is 5.39. The molecule has 1 aromatic carbocycles. The van der Waals surface area contributed by atoms with Crippen molar-refractivity contribution in [3.05, 3.63) is 29.3 Å². The third-order valence-electron chi connectivity index (χ3n) is 3.05. The van der Waals surface area contributed by atoms with E-state index in [2.05, 4.69) is 44.3 Å². The van der Waals surface area contributed by atoms with Crippen molar-refractivity contribution in [1.29, 1.82) is 0 Å². The van der Waals surface area contributed by atoms with Crippen LogP contribution in [0.2, 0.25) is 0 Å². The van der Waals surface area contributed by atoms with Crippen molar-refractivity contribution in [2.24, 2.45) is 0 Å². The van der Waals surface area contributed by atoms with Crippen molar-refractivity contribution in [3.8, 4) is 5.75 Å². The molecule has 0 spiro atoms. The quantitative estimate of drug-likeness (QED) is 0.775. The van der Waals surface area contributed by atoms with Crippen LogP contribution in [0, 0.1) is 6.92 Å². The van der Waals surface area contributed by atoms with E-state index in [0.717, 1.165) is 12.3 Å². The van der Waals surface area contributed by atoms with Crippen LogP contribution >= 0.6 is 0 Å². The number of benzene rings is 1. The van der Waals surface area contributed by atoms with Crippen LogP contribution < -0.4 is 10.1 Å². The molecule has 0 aliphatic heterocycles. The minimum absolute atomic E-state index is 0.453. The van der Waals surface area contributed by atoms with Gasteiger partial charge in [0, 0.05) is 6.04 Å². The molecule has 17 heavy (non-hydrogen) atoms. The molecular weight excluding hydrogens is 210 g/mol. The van der Waals surface area contributed by atoms with Crippen LogP contribution in [0.4, 0.5) is 0 Å². The second kappa shape index (κ2) is 7.33. The van der Waals surface area contributed by atoms with Gasteiger partial charge in [0.25, 0.3) is 0 Å². The number of hydrogen-bond acceptors (Lipinski definition) is 2. The van der Waals surface area contributed by atoms with Crippen LogP contribution in [0.25, 0.3) is 0 Å². The van der Waals surface area contributed by atoms with E-state index in [1.807, 2.05) is 0 Å². The summed E-state index contributed by atoms with van der Waals surface area (Å²) in [6, 6.07) is 6.97. The number of aryl methyl sites for hydroxylation is 1. The van der Waals surface area contributed by atoms with Crippen LogP contribution in [0.1, 0.15) is 50.3 Å². The normalized spacial score (nSPS) is 12.5. The Hall–Kier alpha value is -1.02. The van der Waals surface area contributed by atoms with E-state index in [1.165, 1.54) is 30.4 Å². The first-order valence-electron chi connectivity index (χ1n) is 6.60. The third-order valence-corrected chi connectivity index (χ3v) is 3.05. The van der Waals surface area contributed by atoms with Gasteiger partial charge in [-0.05, 0) is 43.5 Å². The second-order valence-electron chi connectivity index (χ2n) is 4.52. The first-order valence-corrected chi connectivity index (χ1v) is 6.60. The standard InChI is InChI=1S/C15H25NO/c1-5-7-14(16-10-6-2)13-9-8-12(3)15(11-13)17-4/h8-9,11,14,16H,5-7,10H2,1-4H3. The first kappa shape index (κ1) is 14.0. The highest BCUT2D eigenvalue weighted by atomic mass is 16.5. The Kier molecular flexibility index (Phi) is 6.06. The largest absolute Gasteiger partial charge is 0.496 e. The van der Waals surface area contributed by atoms with Gasteiger partial charge >= 0.3 is 0 Å². The highest BCUT2D eigenvalue weighted by molar-refractivity contribution is 5.37. The lowest BCUT2D eigenvalue weighted by Crippen LogP contribution is -2.22. The Labute approximate surface area is 105 Å². The van der Waals surface area contributed by atoms with E-state index in [0.29, 0.717) is 6.04 Å². The maximum Gasteiger partial charge on any atom is 0.122 e. The number of methoxy groups -OCH3 is 1. The van der Waals surface area contributed by atoms with Gasteiger partial charge in [-0.1, -0.05) is 32.4 Å². The van der Waals surface area contributed by atoms with Crippen molar-refractivity contribution in [2.45, 2.75) is 46.1 Å². The summed E-state index contributed by atoms with van der Waals surface area (Å²) in [5.74, 6) is 0.988. The van der Waals surface area contributed by atoms with Crippen molar-refractivity contribution >= 4 is 0 Å². The average molecular weight is 235 g/mol. The minimum Gasteiger partial charge on any atom is -0.496 e. The smallest absolute Gasteiger partial charge is 0.122 e. The summed E-state index contributed by atoms with van der Waals surface area (Å²) in [4.78, 5) is 0. The SMILES string of the molecule is CCCNC(CCC)c1ccc(C)c(OC)c1. The van der Waals surface area contributed by atoms with Gasteiger partial charge in [-0.25, -0.2) is 0 Å². The molecule has 1 atom stereocenters. The summed E-state index contributed by atoms with van der Waals surface area (Å²) in [6.45, 7) is 7.58. The highest BCUT2D eigenvalue weighted by Crippen LogP contribution is 2.25. The van der Waals surface area contributed by atoms with Crippen LogP contribution in [0.3, 0.4) is 0 Å². The van der Waals surface area contributed by atoms with Crippen LogP contribution in [-0.4, -0.2) is 13.7 Å². The molecule has 0 radical (unpaired) electrons. The molecule has 0 amide bonds. The molecule has 2 heteroatoms. The van der Waals surface area contributed by atoms with Gasteiger partial charge in [0.1, 0.15) is 5.75 Å².